The molecular weight excluding hydrogens is 328 g/mol. The molecule has 0 unspecified atom stereocenters. The Morgan fingerprint density at radius 3 is 2.28 bits per heavy atom. The van der Waals surface area contributed by atoms with Crippen molar-refractivity contribution in [3.05, 3.63) is 29.8 Å². The van der Waals surface area contributed by atoms with Gasteiger partial charge in [0.2, 0.25) is 0 Å². The van der Waals surface area contributed by atoms with Crippen LogP contribution in [0.4, 0.5) is 0 Å². The number of ether oxygens (including phenoxy) is 2. The first-order chi connectivity index (χ1) is 11.7. The van der Waals surface area contributed by atoms with E-state index in [9.17, 15) is 0 Å². The number of methoxy groups -OCH3 is 1. The van der Waals surface area contributed by atoms with Gasteiger partial charge in [-0.25, -0.2) is 0 Å². The van der Waals surface area contributed by atoms with Crippen LogP contribution in [0.15, 0.2) is 24.3 Å². The number of rotatable bonds is 8. The van der Waals surface area contributed by atoms with E-state index in [0.717, 1.165) is 24.2 Å². The lowest BCUT2D eigenvalue weighted by Gasteiger charge is -2.37. The Hall–Kier alpha value is -1.28. The molecule has 1 atom stereocenters. The fraction of sp³-hybridized carbons (Fsp3) is 0.619. The van der Waals surface area contributed by atoms with E-state index in [-0.39, 0.29) is 11.1 Å². The Balaban J connectivity index is 2.36. The normalized spacial score (nSPS) is 13.1. The van der Waals surface area contributed by atoms with E-state index in [1.807, 2.05) is 24.3 Å². The third-order valence-electron chi connectivity index (χ3n) is 4.68. The zero-order chi connectivity index (χ0) is 18.9. The molecule has 3 nitrogen and oxygen atoms in total. The van der Waals surface area contributed by atoms with E-state index in [2.05, 4.69) is 52.6 Å². The van der Waals surface area contributed by atoms with Gasteiger partial charge in [-0.15, -0.1) is 0 Å². The number of hydrogen-bond donors (Lipinski definition) is 0. The van der Waals surface area contributed by atoms with E-state index in [0.29, 0.717) is 13.2 Å². The van der Waals surface area contributed by atoms with Crippen LogP contribution in [0.5, 0.6) is 5.75 Å². The van der Waals surface area contributed by atoms with Crippen LogP contribution in [0.1, 0.15) is 46.1 Å². The predicted molar refractivity (Wildman–Crippen MR) is 107 cm³/mol. The second kappa shape index (κ2) is 10.0. The average Bonchev–Trinajstić information content (AvgIpc) is 2.56. The highest BCUT2D eigenvalue weighted by Gasteiger charge is 2.38. The van der Waals surface area contributed by atoms with Gasteiger partial charge in [0.05, 0.1) is 20.3 Å². The summed E-state index contributed by atoms with van der Waals surface area (Å²) in [6.07, 6.45) is 1.68. The van der Waals surface area contributed by atoms with Gasteiger partial charge in [0.25, 0.3) is 0 Å². The molecule has 0 aliphatic carbocycles. The second-order valence-corrected chi connectivity index (χ2v) is 12.5. The highest BCUT2D eigenvalue weighted by Crippen LogP contribution is 2.37. The highest BCUT2D eigenvalue weighted by molar-refractivity contribution is 6.74. The van der Waals surface area contributed by atoms with Crippen LogP contribution in [0.2, 0.25) is 18.1 Å². The maximum absolute atomic E-state index is 6.36. The van der Waals surface area contributed by atoms with Crippen molar-refractivity contribution in [2.45, 2.75) is 71.4 Å². The fourth-order valence-electron chi connectivity index (χ4n) is 1.97. The Kier molecular flexibility index (Phi) is 8.71. The van der Waals surface area contributed by atoms with Gasteiger partial charge in [0.15, 0.2) is 8.32 Å². The minimum Gasteiger partial charge on any atom is -0.497 e. The van der Waals surface area contributed by atoms with Gasteiger partial charge in [-0.3, -0.25) is 0 Å². The van der Waals surface area contributed by atoms with Crippen LogP contribution in [-0.2, 0) is 15.8 Å². The lowest BCUT2D eigenvalue weighted by Crippen LogP contribution is -2.43. The maximum atomic E-state index is 6.36. The third kappa shape index (κ3) is 7.64. The van der Waals surface area contributed by atoms with Crippen molar-refractivity contribution in [1.29, 1.82) is 0 Å². The summed E-state index contributed by atoms with van der Waals surface area (Å²) in [4.78, 5) is 0. The van der Waals surface area contributed by atoms with Crippen LogP contribution >= 0.6 is 0 Å². The second-order valence-electron chi connectivity index (χ2n) is 7.75. The molecule has 0 fully saturated rings. The van der Waals surface area contributed by atoms with Gasteiger partial charge in [-0.05, 0) is 42.2 Å². The van der Waals surface area contributed by atoms with Crippen molar-refractivity contribution >= 4 is 8.32 Å². The SMILES string of the molecule is CC[C@@H](C#CCCOCc1ccc(OC)cc1)O[Si](C)(C)C(C)(C)C. The fourth-order valence-corrected chi connectivity index (χ4v) is 3.26. The molecule has 0 aliphatic rings. The molecule has 0 saturated carbocycles. The van der Waals surface area contributed by atoms with Crippen LogP contribution in [-0.4, -0.2) is 28.1 Å². The Labute approximate surface area is 155 Å². The van der Waals surface area contributed by atoms with Crippen LogP contribution in [0.25, 0.3) is 0 Å². The van der Waals surface area contributed by atoms with Crippen LogP contribution in [0.3, 0.4) is 0 Å². The Morgan fingerprint density at radius 1 is 1.12 bits per heavy atom. The van der Waals surface area contributed by atoms with Gasteiger partial charge in [-0.1, -0.05) is 51.7 Å². The van der Waals surface area contributed by atoms with Crippen molar-refractivity contribution in [3.8, 4) is 17.6 Å². The summed E-state index contributed by atoms with van der Waals surface area (Å²) in [5.74, 6) is 7.36. The molecule has 0 heterocycles. The first-order valence-corrected chi connectivity index (χ1v) is 12.0. The lowest BCUT2D eigenvalue weighted by molar-refractivity contribution is 0.126. The monoisotopic (exact) mass is 362 g/mol. The van der Waals surface area contributed by atoms with E-state index in [1.165, 1.54) is 0 Å². The van der Waals surface area contributed by atoms with Crippen molar-refractivity contribution in [2.75, 3.05) is 13.7 Å². The molecule has 1 rings (SSSR count). The summed E-state index contributed by atoms with van der Waals surface area (Å²) in [5.41, 5.74) is 1.14. The molecule has 0 amide bonds. The molecule has 0 saturated heterocycles. The minimum atomic E-state index is -1.76. The summed E-state index contributed by atoms with van der Waals surface area (Å²) in [6, 6.07) is 7.93. The van der Waals surface area contributed by atoms with Crippen molar-refractivity contribution in [1.82, 2.24) is 0 Å². The topological polar surface area (TPSA) is 27.7 Å². The molecule has 0 bridgehead atoms. The van der Waals surface area contributed by atoms with Crippen molar-refractivity contribution < 1.29 is 13.9 Å². The summed E-state index contributed by atoms with van der Waals surface area (Å²) in [6.45, 7) is 14.7. The van der Waals surface area contributed by atoms with Crippen molar-refractivity contribution in [3.63, 3.8) is 0 Å². The molecule has 0 spiro atoms. The van der Waals surface area contributed by atoms with E-state index in [1.54, 1.807) is 7.11 Å². The molecule has 1 aromatic rings. The zero-order valence-corrected chi connectivity index (χ0v) is 17.9. The molecule has 140 valence electrons. The smallest absolute Gasteiger partial charge is 0.193 e. The number of benzene rings is 1. The van der Waals surface area contributed by atoms with Crippen molar-refractivity contribution in [2.24, 2.45) is 0 Å². The predicted octanol–water partition coefficient (Wildman–Crippen LogP) is 5.41. The summed E-state index contributed by atoms with van der Waals surface area (Å²) in [5, 5.41) is 0.212. The first kappa shape index (κ1) is 21.8. The first-order valence-electron chi connectivity index (χ1n) is 9.06. The third-order valence-corrected chi connectivity index (χ3v) is 9.16. The molecular formula is C21H34O3Si. The molecule has 0 aromatic heterocycles. The minimum absolute atomic E-state index is 0.0301. The summed E-state index contributed by atoms with van der Waals surface area (Å²) in [7, 11) is -0.0911. The van der Waals surface area contributed by atoms with E-state index < -0.39 is 8.32 Å². The number of hydrogen-bond acceptors (Lipinski definition) is 3. The Bertz CT molecular complexity index is 562. The van der Waals surface area contributed by atoms with Gasteiger partial charge < -0.3 is 13.9 Å². The van der Waals surface area contributed by atoms with Gasteiger partial charge in [0, 0.05) is 6.42 Å². The Morgan fingerprint density at radius 2 is 1.76 bits per heavy atom. The standard InChI is InChI=1S/C21H34O3Si/c1-8-19(24-25(6,7)21(2,3)4)11-9-10-16-23-17-18-12-14-20(22-5)15-13-18/h12-15,19H,8,10,16-17H2,1-7H3/t19-/m0/s1. The molecule has 4 heteroatoms. The van der Waals surface area contributed by atoms with Gasteiger partial charge >= 0.3 is 0 Å². The lowest BCUT2D eigenvalue weighted by atomic mass is 10.2. The quantitative estimate of drug-likeness (QED) is 0.352. The average molecular weight is 363 g/mol. The van der Waals surface area contributed by atoms with Crippen LogP contribution in [0, 0.1) is 11.8 Å². The van der Waals surface area contributed by atoms with Gasteiger partial charge in [-0.2, -0.15) is 0 Å². The summed E-state index contributed by atoms with van der Waals surface area (Å²) < 4.78 is 17.2. The maximum Gasteiger partial charge on any atom is 0.193 e. The molecule has 0 aliphatic heterocycles. The van der Waals surface area contributed by atoms with E-state index in [4.69, 9.17) is 13.9 Å². The molecule has 0 radical (unpaired) electrons. The highest BCUT2D eigenvalue weighted by atomic mass is 28.4. The molecule has 1 aromatic carbocycles. The van der Waals surface area contributed by atoms with Crippen LogP contribution < -0.4 is 4.74 Å². The molecule has 25 heavy (non-hydrogen) atoms. The summed E-state index contributed by atoms with van der Waals surface area (Å²) >= 11 is 0. The zero-order valence-electron chi connectivity index (χ0n) is 16.9. The van der Waals surface area contributed by atoms with Gasteiger partial charge in [0.1, 0.15) is 11.9 Å². The van der Waals surface area contributed by atoms with E-state index >= 15 is 0 Å². The largest absolute Gasteiger partial charge is 0.497 e. The molecule has 0 N–H and O–H groups in total.